The molecule has 2 aromatic rings. The molecule has 0 aliphatic rings. The molecular weight excluding hydrogens is 344 g/mol. The smallest absolute Gasteiger partial charge is 0.315 e. The van der Waals surface area contributed by atoms with Gasteiger partial charge >= 0.3 is 6.03 Å². The largest absolute Gasteiger partial charge is 0.496 e. The van der Waals surface area contributed by atoms with Crippen LogP contribution in [0.2, 0.25) is 0 Å². The van der Waals surface area contributed by atoms with Gasteiger partial charge in [-0.3, -0.25) is 0 Å². The Kier molecular flexibility index (Phi) is 8.29. The lowest BCUT2D eigenvalue weighted by Gasteiger charge is -2.13. The Morgan fingerprint density at radius 1 is 0.926 bits per heavy atom. The first-order chi connectivity index (χ1) is 13.2. The minimum absolute atomic E-state index is 0.211. The summed E-state index contributed by atoms with van der Waals surface area (Å²) in [6.07, 6.45) is 0.703. The Morgan fingerprint density at radius 2 is 1.67 bits per heavy atom. The van der Waals surface area contributed by atoms with Gasteiger partial charge in [0.25, 0.3) is 0 Å². The molecule has 6 heteroatoms. The molecule has 0 atom stereocenters. The lowest BCUT2D eigenvalue weighted by molar-refractivity contribution is 0.240. The molecule has 0 saturated heterocycles. The van der Waals surface area contributed by atoms with E-state index >= 15 is 0 Å². The Morgan fingerprint density at radius 3 is 2.41 bits per heavy atom. The van der Waals surface area contributed by atoms with Gasteiger partial charge in [0, 0.05) is 18.7 Å². The summed E-state index contributed by atoms with van der Waals surface area (Å²) in [6.45, 7) is 5.98. The van der Waals surface area contributed by atoms with Crippen molar-refractivity contribution in [2.75, 3.05) is 26.9 Å². The molecule has 27 heavy (non-hydrogen) atoms. The van der Waals surface area contributed by atoms with Gasteiger partial charge in [0.1, 0.15) is 5.75 Å². The fourth-order valence-corrected chi connectivity index (χ4v) is 2.66. The number of ether oxygens (including phenoxy) is 3. The minimum Gasteiger partial charge on any atom is -0.496 e. The van der Waals surface area contributed by atoms with Crippen LogP contribution < -0.4 is 24.8 Å². The number of rotatable bonds is 10. The third kappa shape index (κ3) is 6.40. The molecule has 0 fully saturated rings. The van der Waals surface area contributed by atoms with Gasteiger partial charge in [-0.1, -0.05) is 24.3 Å². The molecule has 2 amide bonds. The number of nitrogens with one attached hydrogen (secondary N) is 2. The van der Waals surface area contributed by atoms with Gasteiger partial charge < -0.3 is 24.8 Å². The summed E-state index contributed by atoms with van der Waals surface area (Å²) in [6, 6.07) is 13.3. The highest BCUT2D eigenvalue weighted by molar-refractivity contribution is 5.73. The number of hydrogen-bond acceptors (Lipinski definition) is 4. The molecule has 0 unspecified atom stereocenters. The quantitative estimate of drug-likeness (QED) is 0.669. The van der Waals surface area contributed by atoms with Gasteiger partial charge in [0.2, 0.25) is 0 Å². The van der Waals surface area contributed by atoms with Gasteiger partial charge in [-0.25, -0.2) is 4.79 Å². The highest BCUT2D eigenvalue weighted by Crippen LogP contribution is 2.28. The van der Waals surface area contributed by atoms with E-state index in [9.17, 15) is 4.79 Å². The lowest BCUT2D eigenvalue weighted by Crippen LogP contribution is -2.36. The van der Waals surface area contributed by atoms with Crippen molar-refractivity contribution in [2.45, 2.75) is 26.8 Å². The van der Waals surface area contributed by atoms with Crippen molar-refractivity contribution in [1.29, 1.82) is 0 Å². The first kappa shape index (κ1) is 20.4. The number of amides is 2. The first-order valence-electron chi connectivity index (χ1n) is 9.20. The van der Waals surface area contributed by atoms with Crippen LogP contribution in [-0.2, 0) is 13.0 Å². The van der Waals surface area contributed by atoms with E-state index < -0.39 is 0 Å². The molecule has 0 heterocycles. The normalized spacial score (nSPS) is 10.2. The van der Waals surface area contributed by atoms with Crippen molar-refractivity contribution in [1.82, 2.24) is 10.6 Å². The SMILES string of the molecule is CCOc1ccc(CCNC(=O)NCc2ccccc2OC)cc1OCC. The molecule has 0 radical (unpaired) electrons. The van der Waals surface area contributed by atoms with Crippen LogP contribution in [0.5, 0.6) is 17.2 Å². The summed E-state index contributed by atoms with van der Waals surface area (Å²) < 4.78 is 16.5. The van der Waals surface area contributed by atoms with E-state index in [1.807, 2.05) is 56.3 Å². The van der Waals surface area contributed by atoms with Gasteiger partial charge in [-0.05, 0) is 44.0 Å². The molecule has 0 aliphatic carbocycles. The zero-order chi connectivity index (χ0) is 19.5. The van der Waals surface area contributed by atoms with E-state index in [0.717, 1.165) is 28.4 Å². The molecule has 0 aliphatic heterocycles. The standard InChI is InChI=1S/C21H28N2O4/c1-4-26-19-11-10-16(14-20(19)27-5-2)12-13-22-21(24)23-15-17-8-6-7-9-18(17)25-3/h6-11,14H,4-5,12-13,15H2,1-3H3,(H2,22,23,24). The second-order valence-electron chi connectivity index (χ2n) is 5.82. The van der Waals surface area contributed by atoms with Crippen molar-refractivity contribution in [3.8, 4) is 17.2 Å². The third-order valence-electron chi connectivity index (χ3n) is 3.94. The minimum atomic E-state index is -0.211. The molecule has 0 spiro atoms. The van der Waals surface area contributed by atoms with Crippen LogP contribution in [0.25, 0.3) is 0 Å². The average Bonchev–Trinajstić information content (AvgIpc) is 2.69. The van der Waals surface area contributed by atoms with Gasteiger partial charge in [0.05, 0.1) is 20.3 Å². The Hall–Kier alpha value is -2.89. The predicted molar refractivity (Wildman–Crippen MR) is 106 cm³/mol. The summed E-state index contributed by atoms with van der Waals surface area (Å²) >= 11 is 0. The summed E-state index contributed by atoms with van der Waals surface area (Å²) in [4.78, 5) is 12.0. The number of benzene rings is 2. The topological polar surface area (TPSA) is 68.8 Å². The highest BCUT2D eigenvalue weighted by atomic mass is 16.5. The zero-order valence-corrected chi connectivity index (χ0v) is 16.2. The van der Waals surface area contributed by atoms with Crippen molar-refractivity contribution in [2.24, 2.45) is 0 Å². The average molecular weight is 372 g/mol. The Bertz CT molecular complexity index is 734. The van der Waals surface area contributed by atoms with E-state index in [2.05, 4.69) is 10.6 Å². The summed E-state index contributed by atoms with van der Waals surface area (Å²) in [5.41, 5.74) is 2.01. The maximum absolute atomic E-state index is 12.0. The highest BCUT2D eigenvalue weighted by Gasteiger charge is 2.07. The van der Waals surface area contributed by atoms with Crippen molar-refractivity contribution in [3.63, 3.8) is 0 Å². The van der Waals surface area contributed by atoms with Crippen LogP contribution in [-0.4, -0.2) is 32.9 Å². The predicted octanol–water partition coefficient (Wildman–Crippen LogP) is 3.53. The van der Waals surface area contributed by atoms with E-state index in [-0.39, 0.29) is 6.03 Å². The van der Waals surface area contributed by atoms with Gasteiger partial charge in [0.15, 0.2) is 11.5 Å². The number of methoxy groups -OCH3 is 1. The summed E-state index contributed by atoms with van der Waals surface area (Å²) in [5.74, 6) is 2.23. The second-order valence-corrected chi connectivity index (χ2v) is 5.82. The number of urea groups is 1. The maximum atomic E-state index is 12.0. The fraction of sp³-hybridized carbons (Fsp3) is 0.381. The molecule has 0 bridgehead atoms. The molecule has 0 saturated carbocycles. The van der Waals surface area contributed by atoms with Crippen LogP contribution in [0.3, 0.4) is 0 Å². The van der Waals surface area contributed by atoms with Crippen LogP contribution >= 0.6 is 0 Å². The van der Waals surface area contributed by atoms with Crippen LogP contribution in [0.15, 0.2) is 42.5 Å². The molecule has 2 N–H and O–H groups in total. The molecule has 2 aromatic carbocycles. The van der Waals surface area contributed by atoms with Crippen molar-refractivity contribution >= 4 is 6.03 Å². The molecule has 0 aromatic heterocycles. The van der Waals surface area contributed by atoms with Crippen molar-refractivity contribution in [3.05, 3.63) is 53.6 Å². The Balaban J connectivity index is 1.81. The van der Waals surface area contributed by atoms with Crippen molar-refractivity contribution < 1.29 is 19.0 Å². The second kappa shape index (κ2) is 11.0. The lowest BCUT2D eigenvalue weighted by atomic mass is 10.1. The van der Waals surface area contributed by atoms with Crippen LogP contribution in [0.1, 0.15) is 25.0 Å². The number of carbonyl (C=O) groups excluding carboxylic acids is 1. The fourth-order valence-electron chi connectivity index (χ4n) is 2.66. The van der Waals surface area contributed by atoms with E-state index in [4.69, 9.17) is 14.2 Å². The van der Waals surface area contributed by atoms with E-state index in [0.29, 0.717) is 32.7 Å². The number of para-hydroxylation sites is 1. The van der Waals surface area contributed by atoms with Gasteiger partial charge in [-0.2, -0.15) is 0 Å². The van der Waals surface area contributed by atoms with E-state index in [1.165, 1.54) is 0 Å². The summed E-state index contributed by atoms with van der Waals surface area (Å²) in [5, 5.41) is 5.71. The molecule has 2 rings (SSSR count). The summed E-state index contributed by atoms with van der Waals surface area (Å²) in [7, 11) is 1.62. The number of carbonyl (C=O) groups is 1. The number of hydrogen-bond donors (Lipinski definition) is 2. The zero-order valence-electron chi connectivity index (χ0n) is 16.2. The molecule has 6 nitrogen and oxygen atoms in total. The molecular formula is C21H28N2O4. The van der Waals surface area contributed by atoms with E-state index in [1.54, 1.807) is 7.11 Å². The first-order valence-corrected chi connectivity index (χ1v) is 9.20. The third-order valence-corrected chi connectivity index (χ3v) is 3.94. The van der Waals surface area contributed by atoms with Crippen LogP contribution in [0, 0.1) is 0 Å². The molecule has 146 valence electrons. The van der Waals surface area contributed by atoms with Crippen LogP contribution in [0.4, 0.5) is 4.79 Å². The van der Waals surface area contributed by atoms with Gasteiger partial charge in [-0.15, -0.1) is 0 Å². The Labute approximate surface area is 160 Å². The maximum Gasteiger partial charge on any atom is 0.315 e. The monoisotopic (exact) mass is 372 g/mol.